The molecule has 1 aromatic heterocycles. The van der Waals surface area contributed by atoms with Crippen LogP contribution in [0.15, 0.2) is 24.5 Å². The van der Waals surface area contributed by atoms with Gasteiger partial charge in [-0.2, -0.15) is 0 Å². The van der Waals surface area contributed by atoms with Gasteiger partial charge in [-0.3, -0.25) is 4.98 Å². The summed E-state index contributed by atoms with van der Waals surface area (Å²) in [5, 5.41) is 2.75. The minimum Gasteiger partial charge on any atom is -0.321 e. The molecule has 1 fully saturated rings. The smallest absolute Gasteiger partial charge is 0.321 e. The van der Waals surface area contributed by atoms with E-state index in [0.717, 1.165) is 0 Å². The molecular formula is C12H17N3O3S. The zero-order valence-electron chi connectivity index (χ0n) is 10.7. The molecule has 1 atom stereocenters. The van der Waals surface area contributed by atoms with Crippen molar-refractivity contribution < 1.29 is 13.2 Å². The van der Waals surface area contributed by atoms with Crippen molar-refractivity contribution in [1.29, 1.82) is 0 Å². The average Bonchev–Trinajstić information content (AvgIpc) is 2.72. The van der Waals surface area contributed by atoms with E-state index in [1.54, 1.807) is 29.4 Å². The zero-order chi connectivity index (χ0) is 13.9. The monoisotopic (exact) mass is 283 g/mol. The van der Waals surface area contributed by atoms with Crippen LogP contribution in [0.2, 0.25) is 0 Å². The van der Waals surface area contributed by atoms with Gasteiger partial charge >= 0.3 is 6.03 Å². The Morgan fingerprint density at radius 1 is 1.47 bits per heavy atom. The molecular weight excluding hydrogens is 266 g/mol. The zero-order valence-corrected chi connectivity index (χ0v) is 11.6. The summed E-state index contributed by atoms with van der Waals surface area (Å²) in [6.45, 7) is 2.33. The molecule has 0 aromatic carbocycles. The second kappa shape index (κ2) is 5.56. The number of rotatable bonds is 3. The van der Waals surface area contributed by atoms with E-state index in [2.05, 4.69) is 10.3 Å². The number of sulfone groups is 1. The van der Waals surface area contributed by atoms with Gasteiger partial charge in [0.15, 0.2) is 9.84 Å². The van der Waals surface area contributed by atoms with Crippen LogP contribution in [-0.2, 0) is 9.84 Å². The number of nitrogens with zero attached hydrogens (tertiary/aromatic N) is 2. The first-order valence-corrected chi connectivity index (χ1v) is 8.02. The van der Waals surface area contributed by atoms with Crippen LogP contribution in [-0.4, -0.2) is 48.4 Å². The molecule has 1 aromatic rings. The highest BCUT2D eigenvalue weighted by Gasteiger charge is 2.33. The SMILES string of the molecule is CCN(C(=O)Nc1ccncc1)C1CCS(=O)(=O)C1. The van der Waals surface area contributed by atoms with Crippen molar-refractivity contribution >= 4 is 21.6 Å². The lowest BCUT2D eigenvalue weighted by molar-refractivity contribution is 0.197. The highest BCUT2D eigenvalue weighted by molar-refractivity contribution is 7.91. The first-order chi connectivity index (χ1) is 9.02. The molecule has 2 amide bonds. The molecule has 0 saturated carbocycles. The van der Waals surface area contributed by atoms with E-state index in [-0.39, 0.29) is 23.6 Å². The van der Waals surface area contributed by atoms with Gasteiger partial charge in [0.1, 0.15) is 0 Å². The first-order valence-electron chi connectivity index (χ1n) is 6.20. The fourth-order valence-corrected chi connectivity index (χ4v) is 3.95. The minimum atomic E-state index is -2.99. The van der Waals surface area contributed by atoms with E-state index in [0.29, 0.717) is 18.7 Å². The maximum Gasteiger partial charge on any atom is 0.322 e. The number of aromatic nitrogens is 1. The van der Waals surface area contributed by atoms with Crippen molar-refractivity contribution in [3.63, 3.8) is 0 Å². The molecule has 1 saturated heterocycles. The minimum absolute atomic E-state index is 0.0601. The van der Waals surface area contributed by atoms with Crippen LogP contribution in [0.3, 0.4) is 0 Å². The summed E-state index contributed by atoms with van der Waals surface area (Å²) in [7, 11) is -2.99. The second-order valence-corrected chi connectivity index (χ2v) is 6.74. The Bertz CT molecular complexity index is 545. The summed E-state index contributed by atoms with van der Waals surface area (Å²) in [6.07, 6.45) is 3.69. The van der Waals surface area contributed by atoms with E-state index < -0.39 is 9.84 Å². The molecule has 2 rings (SSSR count). The molecule has 0 aliphatic carbocycles. The van der Waals surface area contributed by atoms with Gasteiger partial charge in [-0.25, -0.2) is 13.2 Å². The van der Waals surface area contributed by atoms with Gasteiger partial charge in [0.2, 0.25) is 0 Å². The van der Waals surface area contributed by atoms with Crippen molar-refractivity contribution in [1.82, 2.24) is 9.88 Å². The number of hydrogen-bond acceptors (Lipinski definition) is 4. The fourth-order valence-electron chi connectivity index (χ4n) is 2.22. The lowest BCUT2D eigenvalue weighted by Crippen LogP contribution is -2.43. The molecule has 2 heterocycles. The largest absolute Gasteiger partial charge is 0.322 e. The van der Waals surface area contributed by atoms with Crippen molar-refractivity contribution in [2.24, 2.45) is 0 Å². The molecule has 1 unspecified atom stereocenters. The van der Waals surface area contributed by atoms with Crippen LogP contribution in [0.4, 0.5) is 10.5 Å². The molecule has 1 aliphatic heterocycles. The van der Waals surface area contributed by atoms with E-state index >= 15 is 0 Å². The van der Waals surface area contributed by atoms with Crippen LogP contribution >= 0.6 is 0 Å². The number of carbonyl (C=O) groups is 1. The molecule has 6 nitrogen and oxygen atoms in total. The summed E-state index contributed by atoms with van der Waals surface area (Å²) in [5.74, 6) is 0.224. The molecule has 1 aliphatic rings. The summed E-state index contributed by atoms with van der Waals surface area (Å²) >= 11 is 0. The molecule has 0 radical (unpaired) electrons. The second-order valence-electron chi connectivity index (χ2n) is 4.51. The Morgan fingerprint density at radius 2 is 2.16 bits per heavy atom. The number of anilines is 1. The number of pyridine rings is 1. The average molecular weight is 283 g/mol. The number of urea groups is 1. The lowest BCUT2D eigenvalue weighted by atomic mass is 10.2. The summed E-state index contributed by atoms with van der Waals surface area (Å²) in [6, 6.07) is 2.89. The maximum atomic E-state index is 12.1. The van der Waals surface area contributed by atoms with Gasteiger partial charge < -0.3 is 10.2 Å². The van der Waals surface area contributed by atoms with Gasteiger partial charge in [0, 0.05) is 30.7 Å². The molecule has 0 bridgehead atoms. The maximum absolute atomic E-state index is 12.1. The Balaban J connectivity index is 2.04. The third kappa shape index (κ3) is 3.44. The number of hydrogen-bond donors (Lipinski definition) is 1. The predicted octanol–water partition coefficient (Wildman–Crippen LogP) is 1.12. The van der Waals surface area contributed by atoms with Crippen LogP contribution < -0.4 is 5.32 Å². The van der Waals surface area contributed by atoms with Crippen LogP contribution in [0.25, 0.3) is 0 Å². The van der Waals surface area contributed by atoms with Crippen LogP contribution in [0, 0.1) is 0 Å². The van der Waals surface area contributed by atoms with Gasteiger partial charge in [-0.05, 0) is 25.5 Å². The summed E-state index contributed by atoms with van der Waals surface area (Å²) in [4.78, 5) is 17.6. The molecule has 7 heteroatoms. The predicted molar refractivity (Wildman–Crippen MR) is 72.7 cm³/mol. The number of nitrogens with one attached hydrogen (secondary N) is 1. The third-order valence-corrected chi connectivity index (χ3v) is 4.93. The van der Waals surface area contributed by atoms with Crippen molar-refractivity contribution in [2.45, 2.75) is 19.4 Å². The Kier molecular flexibility index (Phi) is 4.04. The van der Waals surface area contributed by atoms with Crippen molar-refractivity contribution in [3.8, 4) is 0 Å². The highest BCUT2D eigenvalue weighted by atomic mass is 32.2. The third-order valence-electron chi connectivity index (χ3n) is 3.18. The number of amides is 2. The normalized spacial score (nSPS) is 21.0. The summed E-state index contributed by atoms with van der Waals surface area (Å²) < 4.78 is 23.0. The molecule has 104 valence electrons. The quantitative estimate of drug-likeness (QED) is 0.901. The van der Waals surface area contributed by atoms with Gasteiger partial charge in [0.05, 0.1) is 11.5 Å². The van der Waals surface area contributed by atoms with Crippen LogP contribution in [0.5, 0.6) is 0 Å². The van der Waals surface area contributed by atoms with E-state index in [1.165, 1.54) is 0 Å². The standard InChI is InChI=1S/C12H17N3O3S/c1-2-15(11-5-8-19(17,18)9-11)12(16)14-10-3-6-13-7-4-10/h3-4,6-7,11H,2,5,8-9H2,1H3,(H,13,14,16). The van der Waals surface area contributed by atoms with E-state index in [4.69, 9.17) is 0 Å². The lowest BCUT2D eigenvalue weighted by Gasteiger charge is -2.26. The van der Waals surface area contributed by atoms with Gasteiger partial charge in [0.25, 0.3) is 0 Å². The molecule has 1 N–H and O–H groups in total. The Hall–Kier alpha value is -1.63. The topological polar surface area (TPSA) is 79.4 Å². The highest BCUT2D eigenvalue weighted by Crippen LogP contribution is 2.18. The number of carbonyl (C=O) groups excluding carboxylic acids is 1. The fraction of sp³-hybridized carbons (Fsp3) is 0.500. The van der Waals surface area contributed by atoms with E-state index in [9.17, 15) is 13.2 Å². The van der Waals surface area contributed by atoms with Crippen molar-refractivity contribution in [2.75, 3.05) is 23.4 Å². The first kappa shape index (κ1) is 13.8. The van der Waals surface area contributed by atoms with E-state index in [1.807, 2.05) is 6.92 Å². The van der Waals surface area contributed by atoms with Crippen molar-refractivity contribution in [3.05, 3.63) is 24.5 Å². The van der Waals surface area contributed by atoms with Crippen LogP contribution in [0.1, 0.15) is 13.3 Å². The van der Waals surface area contributed by atoms with Gasteiger partial charge in [-0.1, -0.05) is 0 Å². The van der Waals surface area contributed by atoms with Gasteiger partial charge in [-0.15, -0.1) is 0 Å². The molecule has 0 spiro atoms. The summed E-state index contributed by atoms with van der Waals surface area (Å²) in [5.41, 5.74) is 0.652. The molecule has 19 heavy (non-hydrogen) atoms. The Labute approximate surface area is 112 Å². The Morgan fingerprint density at radius 3 is 2.68 bits per heavy atom.